The number of pyridine rings is 1. The Morgan fingerprint density at radius 2 is 2.19 bits per heavy atom. The van der Waals surface area contributed by atoms with Gasteiger partial charge in [0.1, 0.15) is 5.82 Å². The first-order valence-corrected chi connectivity index (χ1v) is 7.89. The first-order valence-electron chi connectivity index (χ1n) is 7.89. The molecular weight excluding hydrogens is 264 g/mol. The van der Waals surface area contributed by atoms with Crippen LogP contribution in [0.5, 0.6) is 0 Å². The molecule has 21 heavy (non-hydrogen) atoms. The minimum Gasteiger partial charge on any atom is -0.365 e. The lowest BCUT2D eigenvalue weighted by molar-refractivity contribution is 0.100. The van der Waals surface area contributed by atoms with E-state index in [0.717, 1.165) is 43.9 Å². The minimum absolute atomic E-state index is 0.171. The number of hydrogen-bond acceptors (Lipinski definition) is 4. The molecule has 0 aromatic carbocycles. The van der Waals surface area contributed by atoms with Crippen LogP contribution >= 0.6 is 0 Å². The van der Waals surface area contributed by atoms with E-state index in [9.17, 15) is 4.79 Å². The summed E-state index contributed by atoms with van der Waals surface area (Å²) in [5.41, 5.74) is 14.5. The second kappa shape index (κ2) is 5.64. The average molecular weight is 288 g/mol. The van der Waals surface area contributed by atoms with Crippen LogP contribution in [0.25, 0.3) is 0 Å². The summed E-state index contributed by atoms with van der Waals surface area (Å²) < 4.78 is 0. The molecule has 1 saturated heterocycles. The number of aryl methyl sites for hydroxylation is 2. The Hall–Kier alpha value is -1.62. The number of carbonyl (C=O) groups excluding carboxylic acids is 1. The number of anilines is 1. The van der Waals surface area contributed by atoms with Crippen LogP contribution in [0.15, 0.2) is 6.07 Å². The summed E-state index contributed by atoms with van der Waals surface area (Å²) in [4.78, 5) is 18.8. The van der Waals surface area contributed by atoms with Crippen molar-refractivity contribution in [1.82, 2.24) is 4.98 Å². The number of hydrogen-bond donors (Lipinski definition) is 2. The Balaban J connectivity index is 1.95. The van der Waals surface area contributed by atoms with Gasteiger partial charge in [-0.15, -0.1) is 0 Å². The van der Waals surface area contributed by atoms with E-state index >= 15 is 0 Å². The Morgan fingerprint density at radius 3 is 2.86 bits per heavy atom. The fourth-order valence-electron chi connectivity index (χ4n) is 3.45. The van der Waals surface area contributed by atoms with Crippen molar-refractivity contribution < 1.29 is 4.79 Å². The molecule has 1 aliphatic carbocycles. The number of nitrogens with two attached hydrogens (primary N) is 2. The van der Waals surface area contributed by atoms with Gasteiger partial charge >= 0.3 is 0 Å². The van der Waals surface area contributed by atoms with Gasteiger partial charge in [0.25, 0.3) is 5.91 Å². The molecule has 5 heteroatoms. The summed E-state index contributed by atoms with van der Waals surface area (Å²) in [5.74, 6) is 0.852. The highest BCUT2D eigenvalue weighted by Gasteiger charge is 2.29. The zero-order valence-electron chi connectivity index (χ0n) is 12.6. The summed E-state index contributed by atoms with van der Waals surface area (Å²) in [5, 5.41) is 0. The Kier molecular flexibility index (Phi) is 3.85. The second-order valence-electron chi connectivity index (χ2n) is 6.39. The molecule has 0 saturated carbocycles. The van der Waals surface area contributed by atoms with E-state index < -0.39 is 0 Å². The maximum Gasteiger partial charge on any atom is 0.252 e. The highest BCUT2D eigenvalue weighted by atomic mass is 16.1. The van der Waals surface area contributed by atoms with Crippen molar-refractivity contribution in [3.63, 3.8) is 0 Å². The standard InChI is InChI=1S/C16H24N4O/c1-10(17)12-6-7-20(9-12)16-13(15(18)21)8-11-4-2-3-5-14(11)19-16/h8,10,12H,2-7,9,17H2,1H3,(H2,18,21). The molecule has 0 bridgehead atoms. The van der Waals surface area contributed by atoms with Gasteiger partial charge in [0, 0.05) is 24.8 Å². The van der Waals surface area contributed by atoms with Crippen LogP contribution in [-0.2, 0) is 12.8 Å². The Bertz CT molecular complexity index is 555. The van der Waals surface area contributed by atoms with E-state index in [2.05, 4.69) is 4.90 Å². The van der Waals surface area contributed by atoms with Crippen LogP contribution in [0, 0.1) is 5.92 Å². The molecule has 1 aromatic rings. The van der Waals surface area contributed by atoms with Gasteiger partial charge in [0.2, 0.25) is 0 Å². The average Bonchev–Trinajstić information content (AvgIpc) is 2.95. The van der Waals surface area contributed by atoms with Gasteiger partial charge in [-0.2, -0.15) is 0 Å². The molecule has 1 fully saturated rings. The number of primary amides is 1. The molecule has 2 unspecified atom stereocenters. The molecule has 0 spiro atoms. The second-order valence-corrected chi connectivity index (χ2v) is 6.39. The monoisotopic (exact) mass is 288 g/mol. The van der Waals surface area contributed by atoms with Crippen LogP contribution in [0.1, 0.15) is 47.8 Å². The number of fused-ring (bicyclic) bond motifs is 1. The van der Waals surface area contributed by atoms with Gasteiger partial charge in [-0.05, 0) is 56.6 Å². The summed E-state index contributed by atoms with van der Waals surface area (Å²) in [6.07, 6.45) is 5.41. The van der Waals surface area contributed by atoms with Crippen molar-refractivity contribution in [1.29, 1.82) is 0 Å². The molecule has 1 aromatic heterocycles. The highest BCUT2D eigenvalue weighted by Crippen LogP contribution is 2.30. The number of nitrogens with zero attached hydrogens (tertiary/aromatic N) is 2. The van der Waals surface area contributed by atoms with E-state index in [4.69, 9.17) is 16.5 Å². The quantitative estimate of drug-likeness (QED) is 0.876. The van der Waals surface area contributed by atoms with E-state index in [0.29, 0.717) is 11.5 Å². The molecule has 4 N–H and O–H groups in total. The molecular formula is C16H24N4O. The number of amides is 1. The SMILES string of the molecule is CC(N)C1CCN(c2nc3c(cc2C(N)=O)CCCC3)C1. The van der Waals surface area contributed by atoms with Crippen LogP contribution in [0.3, 0.4) is 0 Å². The largest absolute Gasteiger partial charge is 0.365 e. The normalized spacial score (nSPS) is 23.0. The van der Waals surface area contributed by atoms with Crippen LogP contribution < -0.4 is 16.4 Å². The highest BCUT2D eigenvalue weighted by molar-refractivity contribution is 5.98. The molecule has 1 aliphatic heterocycles. The van der Waals surface area contributed by atoms with E-state index in [1.54, 1.807) is 0 Å². The van der Waals surface area contributed by atoms with Gasteiger partial charge < -0.3 is 16.4 Å². The maximum atomic E-state index is 11.8. The lowest BCUT2D eigenvalue weighted by atomic mass is 9.94. The molecule has 5 nitrogen and oxygen atoms in total. The number of aromatic nitrogens is 1. The van der Waals surface area contributed by atoms with Crippen molar-refractivity contribution in [2.24, 2.45) is 17.4 Å². The fourth-order valence-corrected chi connectivity index (χ4v) is 3.45. The Morgan fingerprint density at radius 1 is 1.43 bits per heavy atom. The van der Waals surface area contributed by atoms with E-state index in [1.165, 1.54) is 18.4 Å². The fraction of sp³-hybridized carbons (Fsp3) is 0.625. The topological polar surface area (TPSA) is 85.2 Å². The maximum absolute atomic E-state index is 11.8. The minimum atomic E-state index is -0.380. The third-order valence-electron chi connectivity index (χ3n) is 4.81. The summed E-state index contributed by atoms with van der Waals surface area (Å²) >= 11 is 0. The predicted molar refractivity (Wildman–Crippen MR) is 83.4 cm³/mol. The van der Waals surface area contributed by atoms with Gasteiger partial charge in [-0.25, -0.2) is 4.98 Å². The predicted octanol–water partition coefficient (Wildman–Crippen LogP) is 1.23. The molecule has 2 heterocycles. The van der Waals surface area contributed by atoms with E-state index in [-0.39, 0.29) is 11.9 Å². The smallest absolute Gasteiger partial charge is 0.252 e. The van der Waals surface area contributed by atoms with Gasteiger partial charge in [-0.1, -0.05) is 0 Å². The zero-order valence-corrected chi connectivity index (χ0v) is 12.6. The van der Waals surface area contributed by atoms with Gasteiger partial charge in [0.15, 0.2) is 0 Å². The van der Waals surface area contributed by atoms with E-state index in [1.807, 2.05) is 13.0 Å². The van der Waals surface area contributed by atoms with Crippen molar-refractivity contribution in [2.75, 3.05) is 18.0 Å². The third kappa shape index (κ3) is 2.75. The molecule has 114 valence electrons. The van der Waals surface area contributed by atoms with Gasteiger partial charge in [0.05, 0.1) is 5.56 Å². The van der Waals surface area contributed by atoms with Crippen molar-refractivity contribution in [3.8, 4) is 0 Å². The lowest BCUT2D eigenvalue weighted by Crippen LogP contribution is -2.31. The van der Waals surface area contributed by atoms with Crippen molar-refractivity contribution in [2.45, 2.75) is 45.1 Å². The lowest BCUT2D eigenvalue weighted by Gasteiger charge is -2.24. The van der Waals surface area contributed by atoms with Crippen molar-refractivity contribution >= 4 is 11.7 Å². The number of carbonyl (C=O) groups is 1. The van der Waals surface area contributed by atoms with Crippen LogP contribution in [0.2, 0.25) is 0 Å². The first kappa shape index (κ1) is 14.3. The first-order chi connectivity index (χ1) is 10.1. The van der Waals surface area contributed by atoms with Gasteiger partial charge in [-0.3, -0.25) is 4.79 Å². The zero-order chi connectivity index (χ0) is 15.0. The van der Waals surface area contributed by atoms with Crippen LogP contribution in [-0.4, -0.2) is 30.0 Å². The summed E-state index contributed by atoms with van der Waals surface area (Å²) in [6.45, 7) is 3.81. The summed E-state index contributed by atoms with van der Waals surface area (Å²) in [6, 6.07) is 2.14. The molecule has 0 radical (unpaired) electrons. The van der Waals surface area contributed by atoms with Crippen LogP contribution in [0.4, 0.5) is 5.82 Å². The molecule has 2 atom stereocenters. The molecule has 3 rings (SSSR count). The molecule has 1 amide bonds. The Labute approximate surface area is 125 Å². The molecule has 2 aliphatic rings. The van der Waals surface area contributed by atoms with Crippen molar-refractivity contribution in [3.05, 3.63) is 22.9 Å². The third-order valence-corrected chi connectivity index (χ3v) is 4.81. The summed E-state index contributed by atoms with van der Waals surface area (Å²) in [7, 11) is 0. The number of rotatable bonds is 3.